The molecule has 0 aromatic heterocycles. The average Bonchev–Trinajstić information content (AvgIpc) is 2.85. The van der Waals surface area contributed by atoms with Crippen LogP contribution in [-0.4, -0.2) is 41.9 Å². The topological polar surface area (TPSA) is 104 Å². The molecular weight excluding hydrogens is 485 g/mol. The quantitative estimate of drug-likeness (QED) is 0.379. The average molecular weight is 530 g/mol. The van der Waals surface area contributed by atoms with Crippen LogP contribution in [0.3, 0.4) is 0 Å². The minimum Gasteiger partial charge on any atom is -0.451 e. The molecule has 0 radical (unpaired) electrons. The lowest BCUT2D eigenvalue weighted by atomic mass is 9.61. The molecule has 2 fully saturated rings. The molecule has 0 saturated heterocycles. The van der Waals surface area contributed by atoms with Gasteiger partial charge in [0.25, 0.3) is 18.7 Å². The molecule has 2 aliphatic rings. The fraction of sp³-hybridized carbons (Fsp3) is 0.517. The number of benzene rings is 2. The summed E-state index contributed by atoms with van der Waals surface area (Å²) in [5, 5.41) is 15.6. The van der Waals surface area contributed by atoms with E-state index in [1.165, 1.54) is 6.42 Å². The van der Waals surface area contributed by atoms with Gasteiger partial charge in [0.1, 0.15) is 0 Å². The van der Waals surface area contributed by atoms with Crippen molar-refractivity contribution in [3.63, 3.8) is 0 Å². The number of amides is 2. The number of carbonyl (C=O) groups excluding carboxylic acids is 2. The van der Waals surface area contributed by atoms with E-state index in [9.17, 15) is 14.6 Å². The summed E-state index contributed by atoms with van der Waals surface area (Å²) in [6, 6.07) is 19.4. The number of carbonyl (C=O) groups is 2. The normalized spacial score (nSPS) is 22.6. The molecule has 0 heterocycles. The Hall–Kier alpha value is -2.35. The van der Waals surface area contributed by atoms with Crippen molar-refractivity contribution in [3.05, 3.63) is 71.8 Å². The van der Waals surface area contributed by atoms with Crippen LogP contribution in [0.25, 0.3) is 0 Å². The second kappa shape index (κ2) is 17.2. The van der Waals surface area contributed by atoms with Gasteiger partial charge in [-0.25, -0.2) is 0 Å². The standard InChI is InChI=1S/C15H22BNO2.C13H18N2O.CH4.ClH/c1-16(19)11-12-6-5-9-14(10-12)17-15(18)13-7-3-2-4-8-13;14-11-7-4-8-12(9-11)15-13(16)10-5-2-1-3-6-10;;/h2-4,7-8,12,14,19H,5-6,9-11H2,1H3,(H,17,18);1-3,5-6,11-12H,4,7-9,14H2,(H,15,16);1H4;1H/t12-,14+;11-,12+;;/m00../s1. The second-order valence-electron chi connectivity index (χ2n) is 10.1. The van der Waals surface area contributed by atoms with E-state index in [2.05, 4.69) is 10.6 Å². The fourth-order valence-corrected chi connectivity index (χ4v) is 5.19. The first-order chi connectivity index (χ1) is 16.9. The van der Waals surface area contributed by atoms with Crippen molar-refractivity contribution in [1.29, 1.82) is 0 Å². The zero-order valence-corrected chi connectivity index (χ0v) is 22.1. The molecule has 0 spiro atoms. The molecule has 2 amide bonds. The molecule has 6 nitrogen and oxygen atoms in total. The van der Waals surface area contributed by atoms with Gasteiger partial charge in [-0.05, 0) is 75.0 Å². The Bertz CT molecular complexity index is 917. The molecule has 0 bridgehead atoms. The van der Waals surface area contributed by atoms with Crippen LogP contribution in [0.4, 0.5) is 0 Å². The van der Waals surface area contributed by atoms with Gasteiger partial charge in [-0.15, -0.1) is 12.4 Å². The van der Waals surface area contributed by atoms with E-state index in [1.807, 2.05) is 67.5 Å². The number of nitrogens with one attached hydrogen (secondary N) is 2. The third kappa shape index (κ3) is 11.7. The second-order valence-corrected chi connectivity index (χ2v) is 10.1. The van der Waals surface area contributed by atoms with Crippen molar-refractivity contribution >= 4 is 31.1 Å². The lowest BCUT2D eigenvalue weighted by molar-refractivity contribution is 0.0914. The largest absolute Gasteiger partial charge is 0.451 e. The third-order valence-electron chi connectivity index (χ3n) is 6.91. The molecule has 37 heavy (non-hydrogen) atoms. The minimum atomic E-state index is -0.242. The summed E-state index contributed by atoms with van der Waals surface area (Å²) in [6.07, 6.45) is 9.33. The molecule has 5 N–H and O–H groups in total. The van der Waals surface area contributed by atoms with Crippen LogP contribution >= 0.6 is 12.4 Å². The third-order valence-corrected chi connectivity index (χ3v) is 6.91. The van der Waals surface area contributed by atoms with Crippen molar-refractivity contribution in [2.24, 2.45) is 11.7 Å². The SMILES string of the molecule is C.CB(O)C[C@H]1CCC[C@@H](NC(=O)c2ccccc2)C1.Cl.N[C@H]1CCC[C@@H](NC(=O)c2ccccc2)C1. The van der Waals surface area contributed by atoms with Gasteiger partial charge in [0.2, 0.25) is 0 Å². The lowest BCUT2D eigenvalue weighted by Gasteiger charge is -2.30. The van der Waals surface area contributed by atoms with E-state index >= 15 is 0 Å². The zero-order chi connectivity index (χ0) is 25.0. The van der Waals surface area contributed by atoms with Gasteiger partial charge in [0.15, 0.2) is 0 Å². The maximum absolute atomic E-state index is 12.1. The summed E-state index contributed by atoms with van der Waals surface area (Å²) in [5.41, 5.74) is 7.33. The highest BCUT2D eigenvalue weighted by Gasteiger charge is 2.25. The van der Waals surface area contributed by atoms with Crippen LogP contribution in [0.5, 0.6) is 0 Å². The highest BCUT2D eigenvalue weighted by atomic mass is 35.5. The van der Waals surface area contributed by atoms with E-state index < -0.39 is 0 Å². The molecule has 204 valence electrons. The van der Waals surface area contributed by atoms with E-state index in [0.29, 0.717) is 5.92 Å². The highest BCUT2D eigenvalue weighted by Crippen LogP contribution is 2.28. The van der Waals surface area contributed by atoms with Gasteiger partial charge in [-0.2, -0.15) is 0 Å². The molecule has 2 aromatic carbocycles. The number of hydrogen-bond acceptors (Lipinski definition) is 4. The van der Waals surface area contributed by atoms with E-state index in [4.69, 9.17) is 5.73 Å². The van der Waals surface area contributed by atoms with Crippen LogP contribution in [0.1, 0.15) is 79.5 Å². The number of halogens is 1. The van der Waals surface area contributed by atoms with Crippen LogP contribution in [0.2, 0.25) is 13.1 Å². The Morgan fingerprint density at radius 1 is 0.838 bits per heavy atom. The first kappa shape index (κ1) is 32.7. The summed E-state index contributed by atoms with van der Waals surface area (Å²) in [5.74, 6) is 0.567. The predicted molar refractivity (Wildman–Crippen MR) is 156 cm³/mol. The molecule has 0 unspecified atom stereocenters. The first-order valence-electron chi connectivity index (χ1n) is 13.1. The Morgan fingerprint density at radius 3 is 1.76 bits per heavy atom. The molecular formula is C29H45BClN3O3. The first-order valence-corrected chi connectivity index (χ1v) is 13.1. The number of rotatable bonds is 6. The highest BCUT2D eigenvalue weighted by molar-refractivity contribution is 6.48. The predicted octanol–water partition coefficient (Wildman–Crippen LogP) is 5.33. The van der Waals surface area contributed by atoms with Crippen LogP contribution in [0, 0.1) is 5.92 Å². The van der Waals surface area contributed by atoms with E-state index in [1.54, 1.807) is 0 Å². The molecule has 0 aliphatic heterocycles. The van der Waals surface area contributed by atoms with Gasteiger partial charge >= 0.3 is 0 Å². The van der Waals surface area contributed by atoms with Gasteiger partial charge in [-0.1, -0.05) is 63.5 Å². The van der Waals surface area contributed by atoms with Gasteiger partial charge in [0.05, 0.1) is 0 Å². The van der Waals surface area contributed by atoms with Crippen molar-refractivity contribution in [2.45, 2.75) is 90.1 Å². The monoisotopic (exact) mass is 529 g/mol. The molecule has 4 rings (SSSR count). The Kier molecular flexibility index (Phi) is 15.2. The molecule has 2 aliphatic carbocycles. The lowest BCUT2D eigenvalue weighted by Crippen LogP contribution is -2.42. The van der Waals surface area contributed by atoms with Crippen molar-refractivity contribution in [1.82, 2.24) is 10.6 Å². The van der Waals surface area contributed by atoms with E-state index in [0.717, 1.165) is 62.4 Å². The smallest absolute Gasteiger partial charge is 0.286 e. The molecule has 8 heteroatoms. The van der Waals surface area contributed by atoms with E-state index in [-0.39, 0.29) is 56.7 Å². The van der Waals surface area contributed by atoms with Gasteiger partial charge < -0.3 is 21.4 Å². The number of nitrogens with two attached hydrogens (primary N) is 1. The minimum absolute atomic E-state index is 0. The summed E-state index contributed by atoms with van der Waals surface area (Å²) in [7, 11) is 0. The van der Waals surface area contributed by atoms with Crippen molar-refractivity contribution in [3.8, 4) is 0 Å². The summed E-state index contributed by atoms with van der Waals surface area (Å²) >= 11 is 0. The Morgan fingerprint density at radius 2 is 1.30 bits per heavy atom. The van der Waals surface area contributed by atoms with Crippen LogP contribution < -0.4 is 16.4 Å². The zero-order valence-electron chi connectivity index (χ0n) is 21.3. The fourth-order valence-electron chi connectivity index (χ4n) is 5.19. The summed E-state index contributed by atoms with van der Waals surface area (Å²) < 4.78 is 0. The van der Waals surface area contributed by atoms with Gasteiger partial charge in [0, 0.05) is 29.3 Å². The van der Waals surface area contributed by atoms with Crippen LogP contribution in [-0.2, 0) is 0 Å². The molecule has 2 saturated carbocycles. The van der Waals surface area contributed by atoms with Crippen molar-refractivity contribution in [2.75, 3.05) is 0 Å². The summed E-state index contributed by atoms with van der Waals surface area (Å²) in [6.45, 7) is 1.60. The van der Waals surface area contributed by atoms with Crippen LogP contribution in [0.15, 0.2) is 60.7 Å². The van der Waals surface area contributed by atoms with Gasteiger partial charge in [-0.3, -0.25) is 9.59 Å². The molecule has 4 atom stereocenters. The Balaban J connectivity index is 0.000000355. The molecule has 2 aromatic rings. The maximum Gasteiger partial charge on any atom is 0.286 e. The summed E-state index contributed by atoms with van der Waals surface area (Å²) in [4.78, 5) is 23.9. The number of hydrogen-bond donors (Lipinski definition) is 4. The Labute approximate surface area is 229 Å². The van der Waals surface area contributed by atoms with Crippen molar-refractivity contribution < 1.29 is 14.6 Å². The maximum atomic E-state index is 12.1.